The Morgan fingerprint density at radius 2 is 0.597 bits per heavy atom. The molecule has 0 fully saturated rings. The molecular weight excluding hydrogens is 883 g/mol. The number of aromatic nitrogens is 6. The minimum atomic E-state index is 0.540. The summed E-state index contributed by atoms with van der Waals surface area (Å²) < 4.78 is 6.53. The third-order valence-corrected chi connectivity index (χ3v) is 13.5. The molecule has 0 saturated carbocycles. The van der Waals surface area contributed by atoms with Crippen molar-refractivity contribution in [2.75, 3.05) is 4.90 Å². The highest BCUT2D eigenvalue weighted by Crippen LogP contribution is 2.51. The van der Waals surface area contributed by atoms with Crippen molar-refractivity contribution in [1.29, 1.82) is 0 Å². The predicted octanol–water partition coefficient (Wildman–Crippen LogP) is 17.0. The fourth-order valence-corrected chi connectivity index (χ4v) is 9.31. The van der Waals surface area contributed by atoms with Gasteiger partial charge in [0.1, 0.15) is 0 Å². The third kappa shape index (κ3) is 10.9. The average Bonchev–Trinajstić information content (AvgIpc) is 3.44. The monoisotopic (exact) mass is 946 g/mol. The van der Waals surface area contributed by atoms with Gasteiger partial charge in [0.05, 0.1) is 11.4 Å². The van der Waals surface area contributed by atoms with Gasteiger partial charge in [-0.15, -0.1) is 0 Å². The molecule has 0 atom stereocenters. The summed E-state index contributed by atoms with van der Waals surface area (Å²) in [5.74, 6) is 5.02. The van der Waals surface area contributed by atoms with Gasteiger partial charge in [-0.3, -0.25) is 0 Å². The molecule has 0 unspecified atom stereocenters. The maximum absolute atomic E-state index is 6.53. The SMILES string of the molecule is CCCCc1ccc(-c2nc(-c3ccc(CCCC)cc3)nc(-c3cc(-c4nc(-c5ccc(CCCC)cc5)nc(-c5ccc(CCCC)cc5)n4)cc(N4c5ccccc5Oc5ccccc54)c3)n2)cc1. The topological polar surface area (TPSA) is 89.8 Å². The summed E-state index contributed by atoms with van der Waals surface area (Å²) >= 11 is 0. The number of para-hydroxylation sites is 4. The van der Waals surface area contributed by atoms with E-state index in [-0.39, 0.29) is 0 Å². The first-order chi connectivity index (χ1) is 35.5. The van der Waals surface area contributed by atoms with E-state index < -0.39 is 0 Å². The van der Waals surface area contributed by atoms with E-state index in [2.05, 4.69) is 160 Å². The van der Waals surface area contributed by atoms with E-state index in [9.17, 15) is 0 Å². The van der Waals surface area contributed by atoms with Gasteiger partial charge in [-0.25, -0.2) is 29.9 Å². The summed E-state index contributed by atoms with van der Waals surface area (Å²) in [5, 5.41) is 0. The van der Waals surface area contributed by atoms with E-state index in [0.29, 0.717) is 34.9 Å². The normalized spacial score (nSPS) is 11.8. The number of nitrogens with zero attached hydrogens (tertiary/aromatic N) is 7. The molecule has 8 heteroatoms. The van der Waals surface area contributed by atoms with Gasteiger partial charge in [0.2, 0.25) is 0 Å². The Labute approximate surface area is 425 Å². The highest BCUT2D eigenvalue weighted by Gasteiger charge is 2.27. The second-order valence-electron chi connectivity index (χ2n) is 19.0. The zero-order valence-electron chi connectivity index (χ0n) is 42.1. The first kappa shape index (κ1) is 47.8. The summed E-state index contributed by atoms with van der Waals surface area (Å²) in [4.78, 5) is 33.9. The zero-order chi connectivity index (χ0) is 49.2. The lowest BCUT2D eigenvalue weighted by Gasteiger charge is -2.33. The van der Waals surface area contributed by atoms with E-state index in [4.69, 9.17) is 34.6 Å². The minimum Gasteiger partial charge on any atom is -0.453 e. The van der Waals surface area contributed by atoms with Gasteiger partial charge in [-0.2, -0.15) is 0 Å². The lowest BCUT2D eigenvalue weighted by molar-refractivity contribution is 0.477. The fourth-order valence-electron chi connectivity index (χ4n) is 9.31. The van der Waals surface area contributed by atoms with Crippen molar-refractivity contribution in [3.05, 3.63) is 186 Å². The molecule has 0 aliphatic carbocycles. The van der Waals surface area contributed by atoms with Crippen LogP contribution >= 0.6 is 0 Å². The number of aryl methyl sites for hydroxylation is 4. The molecule has 3 heterocycles. The van der Waals surface area contributed by atoms with E-state index in [1.165, 1.54) is 22.3 Å². The van der Waals surface area contributed by atoms with Gasteiger partial charge in [0.15, 0.2) is 46.4 Å². The number of rotatable bonds is 19. The van der Waals surface area contributed by atoms with Crippen LogP contribution in [0, 0.1) is 0 Å². The summed E-state index contributed by atoms with van der Waals surface area (Å²) in [6.45, 7) is 8.92. The van der Waals surface area contributed by atoms with Gasteiger partial charge in [-0.05, 0) is 116 Å². The number of ether oxygens (including phenoxy) is 1. The van der Waals surface area contributed by atoms with Crippen LogP contribution in [0.1, 0.15) is 101 Å². The second kappa shape index (κ2) is 22.5. The van der Waals surface area contributed by atoms with Crippen LogP contribution in [0.15, 0.2) is 164 Å². The van der Waals surface area contributed by atoms with Gasteiger partial charge in [0.25, 0.3) is 0 Å². The average molecular weight is 946 g/mol. The van der Waals surface area contributed by atoms with Crippen LogP contribution in [0.4, 0.5) is 17.1 Å². The van der Waals surface area contributed by atoms with E-state index in [1.54, 1.807) is 0 Å². The van der Waals surface area contributed by atoms with Crippen molar-refractivity contribution in [1.82, 2.24) is 29.9 Å². The van der Waals surface area contributed by atoms with Crippen molar-refractivity contribution >= 4 is 17.1 Å². The first-order valence-electron chi connectivity index (χ1n) is 26.2. The molecule has 2 aromatic heterocycles. The number of benzene rings is 7. The number of unbranched alkanes of at least 4 members (excludes halogenated alkanes) is 4. The van der Waals surface area contributed by atoms with Crippen LogP contribution < -0.4 is 9.64 Å². The van der Waals surface area contributed by atoms with Gasteiger partial charge in [0, 0.05) is 39.1 Å². The zero-order valence-corrected chi connectivity index (χ0v) is 42.1. The molecule has 0 radical (unpaired) electrons. The molecule has 8 nitrogen and oxygen atoms in total. The first-order valence-corrected chi connectivity index (χ1v) is 26.2. The Morgan fingerprint density at radius 1 is 0.319 bits per heavy atom. The molecule has 10 rings (SSSR count). The molecule has 9 aromatic rings. The maximum Gasteiger partial charge on any atom is 0.164 e. The van der Waals surface area contributed by atoms with Crippen molar-refractivity contribution in [2.24, 2.45) is 0 Å². The van der Waals surface area contributed by atoms with Crippen LogP contribution in [0.2, 0.25) is 0 Å². The molecular formula is C64H63N7O. The quantitative estimate of drug-likeness (QED) is 0.0792. The Kier molecular flexibility index (Phi) is 14.9. The molecule has 360 valence electrons. The van der Waals surface area contributed by atoms with Crippen LogP contribution in [-0.2, 0) is 25.7 Å². The molecule has 7 aromatic carbocycles. The lowest BCUT2D eigenvalue weighted by atomic mass is 10.0. The molecule has 0 N–H and O–H groups in total. The van der Waals surface area contributed by atoms with Crippen LogP contribution in [0.3, 0.4) is 0 Å². The molecule has 72 heavy (non-hydrogen) atoms. The Hall–Kier alpha value is -7.84. The second-order valence-corrected chi connectivity index (χ2v) is 19.0. The van der Waals surface area contributed by atoms with Gasteiger partial charge in [-0.1, -0.05) is 175 Å². The van der Waals surface area contributed by atoms with Crippen molar-refractivity contribution < 1.29 is 4.74 Å². The molecule has 0 amide bonds. The highest BCUT2D eigenvalue weighted by molar-refractivity contribution is 5.89. The Morgan fingerprint density at radius 3 is 0.889 bits per heavy atom. The maximum atomic E-state index is 6.53. The third-order valence-electron chi connectivity index (χ3n) is 13.5. The smallest absolute Gasteiger partial charge is 0.164 e. The largest absolute Gasteiger partial charge is 0.453 e. The van der Waals surface area contributed by atoms with Crippen molar-refractivity contribution in [3.63, 3.8) is 0 Å². The minimum absolute atomic E-state index is 0.540. The fraction of sp³-hybridized carbons (Fsp3) is 0.250. The molecule has 0 spiro atoms. The van der Waals surface area contributed by atoms with Gasteiger partial charge >= 0.3 is 0 Å². The van der Waals surface area contributed by atoms with Crippen LogP contribution in [0.5, 0.6) is 11.5 Å². The summed E-state index contributed by atoms with van der Waals surface area (Å²) in [6, 6.07) is 57.6. The van der Waals surface area contributed by atoms with E-state index in [1.807, 2.05) is 36.4 Å². The number of hydrogen-bond donors (Lipinski definition) is 0. The van der Waals surface area contributed by atoms with E-state index in [0.717, 1.165) is 139 Å². The summed E-state index contributed by atoms with van der Waals surface area (Å²) in [7, 11) is 0. The summed E-state index contributed by atoms with van der Waals surface area (Å²) in [6.07, 6.45) is 13.3. The molecule has 0 saturated heterocycles. The van der Waals surface area contributed by atoms with Crippen LogP contribution in [0.25, 0.3) is 68.3 Å². The Balaban J connectivity index is 1.19. The predicted molar refractivity (Wildman–Crippen MR) is 295 cm³/mol. The molecule has 0 bridgehead atoms. The molecule has 1 aliphatic heterocycles. The summed E-state index contributed by atoms with van der Waals surface area (Å²) in [5.41, 5.74) is 13.2. The highest BCUT2D eigenvalue weighted by atomic mass is 16.5. The van der Waals surface area contributed by atoms with Crippen molar-refractivity contribution in [2.45, 2.75) is 105 Å². The lowest BCUT2D eigenvalue weighted by Crippen LogP contribution is -2.16. The number of anilines is 3. The Bertz CT molecular complexity index is 2910. The van der Waals surface area contributed by atoms with E-state index >= 15 is 0 Å². The van der Waals surface area contributed by atoms with Crippen molar-refractivity contribution in [3.8, 4) is 79.8 Å². The number of fused-ring (bicyclic) bond motifs is 2. The van der Waals surface area contributed by atoms with Gasteiger partial charge < -0.3 is 9.64 Å². The molecule has 1 aliphatic rings. The number of hydrogen-bond acceptors (Lipinski definition) is 8. The van der Waals surface area contributed by atoms with Crippen LogP contribution in [-0.4, -0.2) is 29.9 Å². The standard InChI is InChI=1S/C64H63N7O/c1-5-9-17-44-25-33-48(34-26-44)59-65-60(49-35-27-45(28-36-49)18-10-6-2)68-63(67-59)52-41-53(43-54(42-52)71-55-21-13-15-23-57(55)72-58-24-16-14-22-56(58)71)64-69-61(50-37-29-46(30-38-50)19-11-7-3)66-62(70-64)51-39-31-47(32-40-51)20-12-8-4/h13-16,21-43H,5-12,17-20H2,1-4H3.